The van der Waals surface area contributed by atoms with E-state index in [4.69, 9.17) is 0 Å². The van der Waals surface area contributed by atoms with Gasteiger partial charge < -0.3 is 10.6 Å². The third-order valence-corrected chi connectivity index (χ3v) is 8.09. The predicted octanol–water partition coefficient (Wildman–Crippen LogP) is 3.01. The maximum atomic E-state index is 12.9. The Hall–Kier alpha value is -0.860. The number of sulfone groups is 1. The molecular weight excluding hydrogens is 433 g/mol. The molecule has 2 saturated heterocycles. The summed E-state index contributed by atoms with van der Waals surface area (Å²) in [5.74, 6) is -0.413. The maximum Gasteiger partial charge on any atom is 0.245 e. The number of anilines is 1. The fourth-order valence-electron chi connectivity index (χ4n) is 4.16. The summed E-state index contributed by atoms with van der Waals surface area (Å²) in [7, 11) is -3.50. The van der Waals surface area contributed by atoms with E-state index in [1.165, 1.54) is 31.1 Å². The molecule has 0 spiro atoms. The van der Waals surface area contributed by atoms with Crippen LogP contribution in [0.4, 0.5) is 5.69 Å². The van der Waals surface area contributed by atoms with Crippen LogP contribution in [-0.2, 0) is 21.2 Å². The summed E-state index contributed by atoms with van der Waals surface area (Å²) in [6, 6.07) is 8.39. The molecule has 9 heteroatoms. The van der Waals surface area contributed by atoms with Crippen LogP contribution in [0.15, 0.2) is 24.3 Å². The second-order valence-corrected chi connectivity index (χ2v) is 10.3. The molecule has 2 aliphatic heterocycles. The number of likely N-dealkylation sites (tertiary alicyclic amines) is 1. The number of halogens is 2. The number of rotatable bonds is 5. The summed E-state index contributed by atoms with van der Waals surface area (Å²) in [5, 5.41) is 5.97. The summed E-state index contributed by atoms with van der Waals surface area (Å²) < 4.78 is 23.4. The third kappa shape index (κ3) is 6.07. The summed E-state index contributed by atoms with van der Waals surface area (Å²) in [6.07, 6.45) is 5.59. The Labute approximate surface area is 186 Å². The van der Waals surface area contributed by atoms with Crippen LogP contribution in [0.25, 0.3) is 0 Å². The first-order valence-electron chi connectivity index (χ1n) is 9.87. The molecule has 1 aromatic carbocycles. The van der Waals surface area contributed by atoms with E-state index in [9.17, 15) is 13.2 Å². The average Bonchev–Trinajstić information content (AvgIpc) is 2.65. The van der Waals surface area contributed by atoms with Crippen molar-refractivity contribution in [1.29, 1.82) is 0 Å². The zero-order chi connectivity index (χ0) is 19.5. The van der Waals surface area contributed by atoms with E-state index in [2.05, 4.69) is 22.5 Å². The van der Waals surface area contributed by atoms with Crippen molar-refractivity contribution in [2.45, 2.75) is 56.4 Å². The number of piperidine rings is 2. The van der Waals surface area contributed by atoms with Gasteiger partial charge in [0, 0.05) is 24.5 Å². The Morgan fingerprint density at radius 2 is 1.79 bits per heavy atom. The van der Waals surface area contributed by atoms with Gasteiger partial charge in [-0.15, -0.1) is 24.8 Å². The molecule has 1 unspecified atom stereocenters. The summed E-state index contributed by atoms with van der Waals surface area (Å²) in [6.45, 7) is 5.39. The van der Waals surface area contributed by atoms with E-state index < -0.39 is 20.5 Å². The number of nitrogens with zero attached hydrogens (tertiary/aromatic N) is 1. The minimum atomic E-state index is -3.50. The van der Waals surface area contributed by atoms with Gasteiger partial charge in [-0.05, 0) is 69.9 Å². The lowest BCUT2D eigenvalue weighted by atomic mass is 9.95. The molecule has 29 heavy (non-hydrogen) atoms. The van der Waals surface area contributed by atoms with Crippen molar-refractivity contribution >= 4 is 46.2 Å². The highest BCUT2D eigenvalue weighted by molar-refractivity contribution is 7.92. The first-order chi connectivity index (χ1) is 12.8. The molecule has 166 valence electrons. The highest BCUT2D eigenvalue weighted by atomic mass is 35.5. The Morgan fingerprint density at radius 1 is 1.17 bits per heavy atom. The van der Waals surface area contributed by atoms with Crippen LogP contribution in [0.2, 0.25) is 0 Å². The second-order valence-electron chi connectivity index (χ2n) is 7.98. The highest BCUT2D eigenvalue weighted by Crippen LogP contribution is 2.29. The van der Waals surface area contributed by atoms with Gasteiger partial charge in [0.05, 0.1) is 0 Å². The van der Waals surface area contributed by atoms with Gasteiger partial charge in [-0.25, -0.2) is 8.42 Å². The number of hydrogen-bond donors (Lipinski definition) is 2. The standard InChI is InChI=1S/C20H31N3O3S.2ClH/c1-16-5-3-4-14-23(16)15-17-6-8-18(9-7-17)22-19(24)20(27(2,25)26)10-12-21-13-11-20;;/h6-9,16,21H,3-5,10-15H2,1-2H3,(H,22,24);2*1H. The molecule has 2 aliphatic rings. The fourth-order valence-corrected chi connectivity index (χ4v) is 5.50. The van der Waals surface area contributed by atoms with Crippen molar-refractivity contribution in [2.24, 2.45) is 0 Å². The Morgan fingerprint density at radius 3 is 2.34 bits per heavy atom. The van der Waals surface area contributed by atoms with Crippen molar-refractivity contribution < 1.29 is 13.2 Å². The molecule has 0 radical (unpaired) electrons. The fraction of sp³-hybridized carbons (Fsp3) is 0.650. The zero-order valence-electron chi connectivity index (χ0n) is 17.1. The molecule has 0 saturated carbocycles. The average molecular weight is 466 g/mol. The number of carbonyl (C=O) groups excluding carboxylic acids is 1. The SMILES string of the molecule is CC1CCCCN1Cc1ccc(NC(=O)C2(S(C)(=O)=O)CCNCC2)cc1.Cl.Cl. The van der Waals surface area contributed by atoms with Crippen LogP contribution in [0.5, 0.6) is 0 Å². The van der Waals surface area contributed by atoms with E-state index in [0.717, 1.165) is 13.1 Å². The molecule has 0 aliphatic carbocycles. The first-order valence-corrected chi connectivity index (χ1v) is 11.8. The molecule has 2 heterocycles. The van der Waals surface area contributed by atoms with Gasteiger partial charge in [0.25, 0.3) is 0 Å². The molecule has 6 nitrogen and oxygen atoms in total. The lowest BCUT2D eigenvalue weighted by molar-refractivity contribution is -0.119. The topological polar surface area (TPSA) is 78.5 Å². The van der Waals surface area contributed by atoms with E-state index in [-0.39, 0.29) is 24.8 Å². The van der Waals surface area contributed by atoms with Gasteiger partial charge >= 0.3 is 0 Å². The quantitative estimate of drug-likeness (QED) is 0.698. The number of carbonyl (C=O) groups is 1. The van der Waals surface area contributed by atoms with Gasteiger partial charge in [-0.2, -0.15) is 0 Å². The smallest absolute Gasteiger partial charge is 0.245 e. The lowest BCUT2D eigenvalue weighted by Crippen LogP contribution is -2.55. The third-order valence-electron chi connectivity index (χ3n) is 6.07. The summed E-state index contributed by atoms with van der Waals surface area (Å²) >= 11 is 0. The van der Waals surface area contributed by atoms with Crippen LogP contribution in [0.1, 0.15) is 44.6 Å². The minimum absolute atomic E-state index is 0. The number of nitrogens with one attached hydrogen (secondary N) is 2. The van der Waals surface area contributed by atoms with Gasteiger partial charge in [0.1, 0.15) is 0 Å². The number of benzene rings is 1. The van der Waals surface area contributed by atoms with Crippen molar-refractivity contribution in [3.8, 4) is 0 Å². The molecule has 1 atom stereocenters. The molecule has 1 amide bonds. The molecule has 3 rings (SSSR count). The van der Waals surface area contributed by atoms with Gasteiger partial charge in [0.2, 0.25) is 5.91 Å². The highest BCUT2D eigenvalue weighted by Gasteiger charge is 2.48. The van der Waals surface area contributed by atoms with E-state index in [1.54, 1.807) is 0 Å². The van der Waals surface area contributed by atoms with Crippen molar-refractivity contribution in [1.82, 2.24) is 10.2 Å². The van der Waals surface area contributed by atoms with Crippen LogP contribution in [0.3, 0.4) is 0 Å². The molecular formula is C20H33Cl2N3O3S. The summed E-state index contributed by atoms with van der Waals surface area (Å²) in [5.41, 5.74) is 1.86. The Bertz CT molecular complexity index is 766. The van der Waals surface area contributed by atoms with E-state index in [1.807, 2.05) is 24.3 Å². The zero-order valence-corrected chi connectivity index (χ0v) is 19.6. The Balaban J connectivity index is 0.00000210. The maximum absolute atomic E-state index is 12.9. The van der Waals surface area contributed by atoms with Gasteiger partial charge in [0.15, 0.2) is 14.6 Å². The predicted molar refractivity (Wildman–Crippen MR) is 123 cm³/mol. The number of hydrogen-bond acceptors (Lipinski definition) is 5. The lowest BCUT2D eigenvalue weighted by Gasteiger charge is -2.34. The van der Waals surface area contributed by atoms with Gasteiger partial charge in [-0.3, -0.25) is 9.69 Å². The second kappa shape index (κ2) is 11.0. The van der Waals surface area contributed by atoms with Crippen LogP contribution in [-0.4, -0.2) is 55.9 Å². The molecule has 2 fully saturated rings. The molecule has 1 aromatic rings. The largest absolute Gasteiger partial charge is 0.325 e. The molecule has 0 aromatic heterocycles. The Kier molecular flexibility index (Phi) is 9.89. The van der Waals surface area contributed by atoms with Crippen molar-refractivity contribution in [3.05, 3.63) is 29.8 Å². The first kappa shape index (κ1) is 26.2. The van der Waals surface area contributed by atoms with Crippen LogP contribution < -0.4 is 10.6 Å². The number of amides is 1. The van der Waals surface area contributed by atoms with E-state index >= 15 is 0 Å². The summed E-state index contributed by atoms with van der Waals surface area (Å²) in [4.78, 5) is 15.3. The monoisotopic (exact) mass is 465 g/mol. The van der Waals surface area contributed by atoms with Crippen molar-refractivity contribution in [3.63, 3.8) is 0 Å². The van der Waals surface area contributed by atoms with Crippen LogP contribution >= 0.6 is 24.8 Å². The van der Waals surface area contributed by atoms with E-state index in [0.29, 0.717) is 37.7 Å². The molecule has 0 bridgehead atoms. The minimum Gasteiger partial charge on any atom is -0.325 e. The van der Waals surface area contributed by atoms with Gasteiger partial charge in [-0.1, -0.05) is 18.6 Å². The van der Waals surface area contributed by atoms with Crippen molar-refractivity contribution in [2.75, 3.05) is 31.2 Å². The molecule has 2 N–H and O–H groups in total. The normalized spacial score (nSPS) is 22.1. The van der Waals surface area contributed by atoms with Crippen LogP contribution in [0, 0.1) is 0 Å².